The van der Waals surface area contributed by atoms with Gasteiger partial charge in [-0.1, -0.05) is 38.5 Å². The molecule has 25 heavy (non-hydrogen) atoms. The van der Waals surface area contributed by atoms with E-state index in [4.69, 9.17) is 5.11 Å². The van der Waals surface area contributed by atoms with Crippen molar-refractivity contribution < 1.29 is 9.90 Å². The smallest absolute Gasteiger partial charge is 0.328 e. The molecule has 2 N–H and O–H groups in total. The van der Waals surface area contributed by atoms with Gasteiger partial charge in [0.25, 0.3) is 0 Å². The molecule has 3 rings (SSSR count). The van der Waals surface area contributed by atoms with E-state index < -0.39 is 5.97 Å². The third kappa shape index (κ3) is 3.82. The molecule has 0 atom stereocenters. The van der Waals surface area contributed by atoms with Crippen molar-refractivity contribution in [2.45, 2.75) is 33.1 Å². The second-order valence-electron chi connectivity index (χ2n) is 7.54. The number of rotatable bonds is 3. The predicted octanol–water partition coefficient (Wildman–Crippen LogP) is 5.54. The molecule has 0 fully saturated rings. The van der Waals surface area contributed by atoms with Crippen LogP contribution in [0.3, 0.4) is 0 Å². The number of hydrogen-bond acceptors (Lipinski definition) is 1. The SMILES string of the molecule is Cc1cc(-c2cc3cc(/C=C/C(=O)O)ccc3[nH]2)cc(C(C)(C)C)c1. The fourth-order valence-electron chi connectivity index (χ4n) is 2.95. The Labute approximate surface area is 148 Å². The highest BCUT2D eigenvalue weighted by Crippen LogP contribution is 2.31. The summed E-state index contributed by atoms with van der Waals surface area (Å²) < 4.78 is 0. The average Bonchev–Trinajstić information content (AvgIpc) is 2.94. The number of carbonyl (C=O) groups is 1. The van der Waals surface area contributed by atoms with Gasteiger partial charge >= 0.3 is 5.97 Å². The minimum Gasteiger partial charge on any atom is -0.478 e. The lowest BCUT2D eigenvalue weighted by Crippen LogP contribution is -2.11. The zero-order valence-corrected chi connectivity index (χ0v) is 15.1. The van der Waals surface area contributed by atoms with Crippen molar-refractivity contribution in [3.8, 4) is 11.3 Å². The molecule has 0 saturated carbocycles. The minimum absolute atomic E-state index is 0.0988. The summed E-state index contributed by atoms with van der Waals surface area (Å²) in [5.74, 6) is -0.940. The number of H-pyrrole nitrogens is 1. The first-order valence-electron chi connectivity index (χ1n) is 8.39. The molecule has 0 aliphatic heterocycles. The van der Waals surface area contributed by atoms with Crippen LogP contribution >= 0.6 is 0 Å². The third-order valence-electron chi connectivity index (χ3n) is 4.32. The number of hydrogen-bond donors (Lipinski definition) is 2. The number of benzene rings is 2. The van der Waals surface area contributed by atoms with E-state index in [1.54, 1.807) is 6.08 Å². The second kappa shape index (κ2) is 6.25. The van der Waals surface area contributed by atoms with Crippen LogP contribution in [0.4, 0.5) is 0 Å². The maximum Gasteiger partial charge on any atom is 0.328 e. The lowest BCUT2D eigenvalue weighted by molar-refractivity contribution is -0.131. The van der Waals surface area contributed by atoms with Gasteiger partial charge in [-0.05, 0) is 65.4 Å². The summed E-state index contributed by atoms with van der Waals surface area (Å²) in [6.07, 6.45) is 2.77. The summed E-state index contributed by atoms with van der Waals surface area (Å²) >= 11 is 0. The van der Waals surface area contributed by atoms with Crippen LogP contribution in [0.5, 0.6) is 0 Å². The number of carboxylic acid groups (broad SMARTS) is 1. The molecular weight excluding hydrogens is 310 g/mol. The molecule has 0 amide bonds. The van der Waals surface area contributed by atoms with Crippen LogP contribution in [0.25, 0.3) is 28.2 Å². The Morgan fingerprint density at radius 3 is 2.52 bits per heavy atom. The quantitative estimate of drug-likeness (QED) is 0.618. The topological polar surface area (TPSA) is 53.1 Å². The van der Waals surface area contributed by atoms with E-state index in [1.807, 2.05) is 18.2 Å². The summed E-state index contributed by atoms with van der Waals surface area (Å²) in [5.41, 5.74) is 6.81. The second-order valence-corrected chi connectivity index (χ2v) is 7.54. The summed E-state index contributed by atoms with van der Waals surface area (Å²) in [6.45, 7) is 8.78. The van der Waals surface area contributed by atoms with Gasteiger partial charge in [-0.3, -0.25) is 0 Å². The first-order valence-corrected chi connectivity index (χ1v) is 8.39. The van der Waals surface area contributed by atoms with Gasteiger partial charge in [-0.2, -0.15) is 0 Å². The van der Waals surface area contributed by atoms with E-state index in [1.165, 1.54) is 16.7 Å². The van der Waals surface area contributed by atoms with Gasteiger partial charge in [0.1, 0.15) is 0 Å². The van der Waals surface area contributed by atoms with Crippen molar-refractivity contribution in [3.63, 3.8) is 0 Å². The first kappa shape index (κ1) is 17.0. The fraction of sp³-hybridized carbons (Fsp3) is 0.227. The largest absolute Gasteiger partial charge is 0.478 e. The highest BCUT2D eigenvalue weighted by Gasteiger charge is 2.15. The zero-order valence-electron chi connectivity index (χ0n) is 15.1. The Balaban J connectivity index is 2.05. The highest BCUT2D eigenvalue weighted by molar-refractivity contribution is 5.90. The van der Waals surface area contributed by atoms with E-state index in [9.17, 15) is 4.79 Å². The number of carboxylic acids is 1. The van der Waals surface area contributed by atoms with Crippen LogP contribution in [-0.4, -0.2) is 16.1 Å². The number of aromatic nitrogens is 1. The lowest BCUT2D eigenvalue weighted by Gasteiger charge is -2.20. The van der Waals surface area contributed by atoms with Gasteiger partial charge in [0.2, 0.25) is 0 Å². The third-order valence-corrected chi connectivity index (χ3v) is 4.32. The maximum atomic E-state index is 10.7. The highest BCUT2D eigenvalue weighted by atomic mass is 16.4. The number of fused-ring (bicyclic) bond motifs is 1. The van der Waals surface area contributed by atoms with Gasteiger partial charge in [-0.15, -0.1) is 0 Å². The van der Waals surface area contributed by atoms with Crippen molar-refractivity contribution >= 4 is 22.9 Å². The van der Waals surface area contributed by atoms with Crippen LogP contribution in [0, 0.1) is 6.92 Å². The van der Waals surface area contributed by atoms with E-state index in [-0.39, 0.29) is 5.41 Å². The van der Waals surface area contributed by atoms with Crippen molar-refractivity contribution in [3.05, 3.63) is 65.2 Å². The fourth-order valence-corrected chi connectivity index (χ4v) is 2.95. The Morgan fingerprint density at radius 1 is 1.08 bits per heavy atom. The maximum absolute atomic E-state index is 10.7. The molecule has 0 aliphatic rings. The molecule has 0 spiro atoms. The normalized spacial score (nSPS) is 12.2. The molecule has 0 aliphatic carbocycles. The van der Waals surface area contributed by atoms with Crippen molar-refractivity contribution in [1.29, 1.82) is 0 Å². The van der Waals surface area contributed by atoms with E-state index in [2.05, 4.69) is 56.9 Å². The molecule has 0 bridgehead atoms. The Morgan fingerprint density at radius 2 is 1.84 bits per heavy atom. The van der Waals surface area contributed by atoms with Gasteiger partial charge in [0.15, 0.2) is 0 Å². The molecular formula is C22H23NO2. The van der Waals surface area contributed by atoms with Crippen LogP contribution < -0.4 is 0 Å². The number of aromatic amines is 1. The molecule has 128 valence electrons. The van der Waals surface area contributed by atoms with Gasteiger partial charge in [0.05, 0.1) is 0 Å². The molecule has 0 unspecified atom stereocenters. The molecule has 0 radical (unpaired) electrons. The number of aliphatic carboxylic acids is 1. The van der Waals surface area contributed by atoms with Crippen LogP contribution in [0.15, 0.2) is 48.5 Å². The average molecular weight is 333 g/mol. The van der Waals surface area contributed by atoms with Crippen molar-refractivity contribution in [2.24, 2.45) is 0 Å². The van der Waals surface area contributed by atoms with Gasteiger partial charge in [-0.25, -0.2) is 4.79 Å². The number of aryl methyl sites for hydroxylation is 1. The number of nitrogens with one attached hydrogen (secondary N) is 1. The van der Waals surface area contributed by atoms with Crippen LogP contribution in [-0.2, 0) is 10.2 Å². The van der Waals surface area contributed by atoms with Crippen LogP contribution in [0.1, 0.15) is 37.5 Å². The predicted molar refractivity (Wildman–Crippen MR) is 104 cm³/mol. The summed E-state index contributed by atoms with van der Waals surface area (Å²) in [5, 5.41) is 9.84. The Kier molecular flexibility index (Phi) is 4.25. The Hall–Kier alpha value is -2.81. The summed E-state index contributed by atoms with van der Waals surface area (Å²) in [7, 11) is 0. The van der Waals surface area contributed by atoms with Crippen LogP contribution in [0.2, 0.25) is 0 Å². The molecule has 1 aromatic heterocycles. The zero-order chi connectivity index (χ0) is 18.2. The van der Waals surface area contributed by atoms with E-state index >= 15 is 0 Å². The molecule has 3 heteroatoms. The molecule has 1 heterocycles. The van der Waals surface area contributed by atoms with Gasteiger partial charge < -0.3 is 10.1 Å². The standard InChI is InChI=1S/C22H23NO2/c1-14-9-16(12-18(10-14)22(2,3)4)20-13-17-11-15(6-8-21(24)25)5-7-19(17)23-20/h5-13,23H,1-4H3,(H,24,25)/b8-6+. The van der Waals surface area contributed by atoms with Crippen molar-refractivity contribution in [1.82, 2.24) is 4.98 Å². The monoisotopic (exact) mass is 333 g/mol. The summed E-state index contributed by atoms with van der Waals surface area (Å²) in [6, 6.07) is 14.7. The Bertz CT molecular complexity index is 971. The summed E-state index contributed by atoms with van der Waals surface area (Å²) in [4.78, 5) is 14.1. The van der Waals surface area contributed by atoms with E-state index in [0.29, 0.717) is 0 Å². The lowest BCUT2D eigenvalue weighted by atomic mass is 9.85. The van der Waals surface area contributed by atoms with Gasteiger partial charge in [0, 0.05) is 22.7 Å². The minimum atomic E-state index is -0.940. The van der Waals surface area contributed by atoms with E-state index in [0.717, 1.165) is 28.2 Å². The molecule has 3 aromatic rings. The van der Waals surface area contributed by atoms with Crippen molar-refractivity contribution in [2.75, 3.05) is 0 Å². The molecule has 3 nitrogen and oxygen atoms in total. The molecule has 2 aromatic carbocycles. The molecule has 0 saturated heterocycles. The first-order chi connectivity index (χ1) is 11.7.